The third-order valence-electron chi connectivity index (χ3n) is 7.01. The van der Waals surface area contributed by atoms with Crippen molar-refractivity contribution < 1.29 is 9.53 Å². The summed E-state index contributed by atoms with van der Waals surface area (Å²) in [5.74, 6) is 0.698. The molecule has 38 heavy (non-hydrogen) atoms. The lowest BCUT2D eigenvalue weighted by Gasteiger charge is -2.32. The van der Waals surface area contributed by atoms with Gasteiger partial charge in [-0.1, -0.05) is 98.2 Å². The lowest BCUT2D eigenvalue weighted by atomic mass is 9.72. The van der Waals surface area contributed by atoms with E-state index in [0.717, 1.165) is 24.0 Å². The van der Waals surface area contributed by atoms with Gasteiger partial charge in [-0.15, -0.1) is 0 Å². The molecule has 1 aromatic rings. The third-order valence-corrected chi connectivity index (χ3v) is 7.01. The number of hydrogen-bond donors (Lipinski definition) is 0. The van der Waals surface area contributed by atoms with Gasteiger partial charge in [0.25, 0.3) is 0 Å². The minimum Gasteiger partial charge on any atom is -0.423 e. The predicted molar refractivity (Wildman–Crippen MR) is 165 cm³/mol. The standard InChI is InChI=1S/C36H48O2/c1-27(2)12-9-13-28(3)17-19-32-20-22-33(23-21-32)38-35(37)26-30(5)15-10-14-29(4)18-24-34-31(6)16-11-25-36(34,7)8/h10,12,14-15,17-24,26,28H,9,11,13,16,25H2,1-8H3/b15-10+,19-17+,24-18+,29-14-,30-26+. The quantitative estimate of drug-likeness (QED) is 0.0969. The van der Waals surface area contributed by atoms with Crippen molar-refractivity contribution >= 4 is 12.0 Å². The first-order valence-corrected chi connectivity index (χ1v) is 14.0. The predicted octanol–water partition coefficient (Wildman–Crippen LogP) is 10.5. The molecule has 2 rings (SSSR count). The van der Waals surface area contributed by atoms with E-state index in [2.05, 4.69) is 84.9 Å². The molecule has 1 aromatic carbocycles. The molecule has 204 valence electrons. The fraction of sp³-hybridized carbons (Fsp3) is 0.417. The number of ether oxygens (including phenoxy) is 1. The molecule has 0 spiro atoms. The van der Waals surface area contributed by atoms with Crippen molar-refractivity contribution in [1.82, 2.24) is 0 Å². The van der Waals surface area contributed by atoms with Gasteiger partial charge in [-0.2, -0.15) is 0 Å². The largest absolute Gasteiger partial charge is 0.423 e. The fourth-order valence-electron chi connectivity index (χ4n) is 4.67. The maximum atomic E-state index is 12.4. The molecule has 0 N–H and O–H groups in total. The number of carbonyl (C=O) groups excluding carboxylic acids is 1. The summed E-state index contributed by atoms with van der Waals surface area (Å²) in [7, 11) is 0. The van der Waals surface area contributed by atoms with Crippen molar-refractivity contribution in [1.29, 1.82) is 0 Å². The SMILES string of the molecule is CC(C)=CCCC(C)/C=C/c1ccc(OC(=O)/C=C(C)/C=C/C=C(C)\C=C\C2=C(C)CCCC2(C)C)cc1. The van der Waals surface area contributed by atoms with Crippen LogP contribution in [0.2, 0.25) is 0 Å². The Hall–Kier alpha value is -3.13. The van der Waals surface area contributed by atoms with Gasteiger partial charge in [-0.05, 0) is 107 Å². The Morgan fingerprint density at radius 2 is 1.74 bits per heavy atom. The highest BCUT2D eigenvalue weighted by Crippen LogP contribution is 2.40. The number of benzene rings is 1. The zero-order chi connectivity index (χ0) is 28.1. The maximum Gasteiger partial charge on any atom is 0.336 e. The van der Waals surface area contributed by atoms with Crippen LogP contribution in [0.3, 0.4) is 0 Å². The molecular weight excluding hydrogens is 464 g/mol. The summed E-state index contributed by atoms with van der Waals surface area (Å²) < 4.78 is 5.49. The van der Waals surface area contributed by atoms with Gasteiger partial charge in [0.05, 0.1) is 0 Å². The van der Waals surface area contributed by atoms with Gasteiger partial charge < -0.3 is 4.74 Å². The molecule has 1 atom stereocenters. The van der Waals surface area contributed by atoms with Gasteiger partial charge >= 0.3 is 5.97 Å². The van der Waals surface area contributed by atoms with Crippen LogP contribution in [-0.2, 0) is 4.79 Å². The smallest absolute Gasteiger partial charge is 0.336 e. The minimum atomic E-state index is -0.370. The van der Waals surface area contributed by atoms with E-state index >= 15 is 0 Å². The molecule has 0 fully saturated rings. The first-order chi connectivity index (χ1) is 18.0. The van der Waals surface area contributed by atoms with Crippen LogP contribution in [0, 0.1) is 11.3 Å². The maximum absolute atomic E-state index is 12.4. The average Bonchev–Trinajstić information content (AvgIpc) is 2.82. The van der Waals surface area contributed by atoms with Crippen LogP contribution in [0.25, 0.3) is 6.08 Å². The molecular formula is C36H48O2. The molecule has 0 aliphatic heterocycles. The van der Waals surface area contributed by atoms with Crippen molar-refractivity contribution in [2.45, 2.75) is 87.5 Å². The highest BCUT2D eigenvalue weighted by Gasteiger charge is 2.26. The summed E-state index contributed by atoms with van der Waals surface area (Å²) in [6.07, 6.45) is 24.6. The van der Waals surface area contributed by atoms with Crippen LogP contribution in [0.5, 0.6) is 5.75 Å². The number of allylic oxidation sites excluding steroid dienone is 12. The monoisotopic (exact) mass is 512 g/mol. The van der Waals surface area contributed by atoms with Crippen LogP contribution in [0.1, 0.15) is 93.1 Å². The van der Waals surface area contributed by atoms with Crippen LogP contribution in [0.4, 0.5) is 0 Å². The molecule has 0 amide bonds. The number of esters is 1. The normalized spacial score (nSPS) is 17.5. The first kappa shape index (κ1) is 31.1. The minimum absolute atomic E-state index is 0.245. The Labute approximate surface area is 232 Å². The van der Waals surface area contributed by atoms with Crippen LogP contribution < -0.4 is 4.74 Å². The summed E-state index contributed by atoms with van der Waals surface area (Å²) in [6, 6.07) is 7.64. The van der Waals surface area contributed by atoms with E-state index in [9.17, 15) is 4.79 Å². The molecule has 2 nitrogen and oxygen atoms in total. The highest BCUT2D eigenvalue weighted by atomic mass is 16.5. The van der Waals surface area contributed by atoms with E-state index in [0.29, 0.717) is 11.7 Å². The second kappa shape index (κ2) is 15.3. The molecule has 0 radical (unpaired) electrons. The van der Waals surface area contributed by atoms with Gasteiger partial charge in [0.1, 0.15) is 5.75 Å². The molecule has 2 heteroatoms. The number of hydrogen-bond acceptors (Lipinski definition) is 2. The molecule has 0 aromatic heterocycles. The second-order valence-corrected chi connectivity index (χ2v) is 11.6. The van der Waals surface area contributed by atoms with E-state index in [-0.39, 0.29) is 11.4 Å². The summed E-state index contributed by atoms with van der Waals surface area (Å²) in [5.41, 5.74) is 7.71. The fourth-order valence-corrected chi connectivity index (χ4v) is 4.67. The Bertz CT molecular complexity index is 1140. The summed E-state index contributed by atoms with van der Waals surface area (Å²) in [5, 5.41) is 0. The van der Waals surface area contributed by atoms with E-state index < -0.39 is 0 Å². The van der Waals surface area contributed by atoms with Gasteiger partial charge in [-0.25, -0.2) is 4.79 Å². The second-order valence-electron chi connectivity index (χ2n) is 11.6. The van der Waals surface area contributed by atoms with Crippen molar-refractivity contribution in [2.24, 2.45) is 11.3 Å². The Balaban J connectivity index is 1.88. The van der Waals surface area contributed by atoms with Crippen molar-refractivity contribution in [3.63, 3.8) is 0 Å². The van der Waals surface area contributed by atoms with Crippen LogP contribution in [0.15, 0.2) is 101 Å². The first-order valence-electron chi connectivity index (χ1n) is 14.0. The lowest BCUT2D eigenvalue weighted by molar-refractivity contribution is -0.129. The average molecular weight is 513 g/mol. The van der Waals surface area contributed by atoms with Crippen molar-refractivity contribution in [3.05, 3.63) is 106 Å². The van der Waals surface area contributed by atoms with Gasteiger partial charge in [0.2, 0.25) is 0 Å². The van der Waals surface area contributed by atoms with Crippen LogP contribution in [-0.4, -0.2) is 5.97 Å². The van der Waals surface area contributed by atoms with E-state index in [1.54, 1.807) is 0 Å². The van der Waals surface area contributed by atoms with Crippen LogP contribution >= 0.6 is 0 Å². The molecule has 1 aliphatic rings. The topological polar surface area (TPSA) is 26.3 Å². The Kier molecular flexibility index (Phi) is 12.5. The molecule has 0 saturated heterocycles. The van der Waals surface area contributed by atoms with Gasteiger partial charge in [-0.3, -0.25) is 0 Å². The van der Waals surface area contributed by atoms with E-state index in [4.69, 9.17) is 4.74 Å². The number of carbonyl (C=O) groups is 1. The number of rotatable bonds is 11. The zero-order valence-corrected chi connectivity index (χ0v) is 24.9. The lowest BCUT2D eigenvalue weighted by Crippen LogP contribution is -2.19. The molecule has 0 saturated carbocycles. The van der Waals surface area contributed by atoms with E-state index in [1.807, 2.05) is 43.3 Å². The van der Waals surface area contributed by atoms with Crippen molar-refractivity contribution in [2.75, 3.05) is 0 Å². The summed E-state index contributed by atoms with van der Waals surface area (Å²) >= 11 is 0. The third kappa shape index (κ3) is 11.5. The Morgan fingerprint density at radius 3 is 2.39 bits per heavy atom. The van der Waals surface area contributed by atoms with Crippen molar-refractivity contribution in [3.8, 4) is 5.75 Å². The molecule has 1 aliphatic carbocycles. The Morgan fingerprint density at radius 1 is 1.03 bits per heavy atom. The van der Waals surface area contributed by atoms with E-state index in [1.165, 1.54) is 47.6 Å². The summed E-state index contributed by atoms with van der Waals surface area (Å²) in [4.78, 5) is 12.4. The molecule has 0 bridgehead atoms. The molecule has 1 unspecified atom stereocenters. The highest BCUT2D eigenvalue weighted by molar-refractivity contribution is 5.85. The van der Waals surface area contributed by atoms with Gasteiger partial charge in [0.15, 0.2) is 0 Å². The zero-order valence-electron chi connectivity index (χ0n) is 24.9. The summed E-state index contributed by atoms with van der Waals surface area (Å²) in [6.45, 7) is 17.4. The molecule has 0 heterocycles. The van der Waals surface area contributed by atoms with Gasteiger partial charge in [0, 0.05) is 6.08 Å².